The van der Waals surface area contributed by atoms with Crippen molar-refractivity contribution < 1.29 is 4.42 Å². The first-order chi connectivity index (χ1) is 8.76. The predicted molar refractivity (Wildman–Crippen MR) is 78.4 cm³/mol. The maximum absolute atomic E-state index is 5.63. The summed E-state index contributed by atoms with van der Waals surface area (Å²) in [6.07, 6.45) is 1.64. The molecule has 1 heterocycles. The van der Waals surface area contributed by atoms with Crippen LogP contribution in [-0.4, -0.2) is 5.75 Å². The largest absolute Gasteiger partial charge is 0.466 e. The quantitative estimate of drug-likeness (QED) is 0.499. The number of nitrogens with one attached hydrogen (secondary N) is 1. The summed E-state index contributed by atoms with van der Waals surface area (Å²) in [5.74, 6) is 7.48. The minimum Gasteiger partial charge on any atom is -0.466 e. The molecular weight excluding hydrogens is 312 g/mol. The second kappa shape index (κ2) is 6.43. The van der Waals surface area contributed by atoms with Crippen LogP contribution in [0.4, 0.5) is 0 Å². The van der Waals surface area contributed by atoms with E-state index >= 15 is 0 Å². The van der Waals surface area contributed by atoms with Gasteiger partial charge in [0.15, 0.2) is 0 Å². The van der Waals surface area contributed by atoms with Gasteiger partial charge in [0.25, 0.3) is 0 Å². The molecule has 0 fully saturated rings. The average molecular weight is 327 g/mol. The number of rotatable bonds is 5. The summed E-state index contributed by atoms with van der Waals surface area (Å²) in [5, 5.41) is 0. The van der Waals surface area contributed by atoms with Gasteiger partial charge >= 0.3 is 0 Å². The monoisotopic (exact) mass is 326 g/mol. The molecular formula is C13H15BrN2OS. The number of hydrogen-bond donors (Lipinski definition) is 2. The van der Waals surface area contributed by atoms with Crippen molar-refractivity contribution in [3.63, 3.8) is 0 Å². The van der Waals surface area contributed by atoms with Crippen LogP contribution in [0.3, 0.4) is 0 Å². The van der Waals surface area contributed by atoms with Gasteiger partial charge < -0.3 is 4.42 Å². The highest BCUT2D eigenvalue weighted by Crippen LogP contribution is 2.30. The summed E-state index contributed by atoms with van der Waals surface area (Å²) >= 11 is 5.27. The van der Waals surface area contributed by atoms with Gasteiger partial charge in [-0.1, -0.05) is 19.1 Å². The molecule has 0 aliphatic rings. The van der Waals surface area contributed by atoms with Gasteiger partial charge in [0.2, 0.25) is 0 Å². The molecule has 3 nitrogen and oxygen atoms in total. The number of benzene rings is 1. The highest BCUT2D eigenvalue weighted by atomic mass is 79.9. The Balaban J connectivity index is 2.25. The van der Waals surface area contributed by atoms with Crippen molar-refractivity contribution in [2.24, 2.45) is 5.84 Å². The maximum Gasteiger partial charge on any atom is 0.140 e. The first kappa shape index (κ1) is 13.7. The molecule has 0 aliphatic carbocycles. The molecule has 5 heteroatoms. The van der Waals surface area contributed by atoms with Crippen molar-refractivity contribution in [3.8, 4) is 0 Å². The van der Waals surface area contributed by atoms with Crippen LogP contribution in [0.5, 0.6) is 0 Å². The molecule has 2 rings (SSSR count). The molecule has 0 aliphatic heterocycles. The lowest BCUT2D eigenvalue weighted by Crippen LogP contribution is -2.28. The van der Waals surface area contributed by atoms with E-state index < -0.39 is 0 Å². The Morgan fingerprint density at radius 3 is 2.56 bits per heavy atom. The van der Waals surface area contributed by atoms with E-state index in [2.05, 4.69) is 52.5 Å². The van der Waals surface area contributed by atoms with Crippen LogP contribution >= 0.6 is 27.7 Å². The van der Waals surface area contributed by atoms with Gasteiger partial charge in [0.1, 0.15) is 11.8 Å². The van der Waals surface area contributed by atoms with Crippen LogP contribution < -0.4 is 11.3 Å². The van der Waals surface area contributed by atoms with Crippen LogP contribution in [0.15, 0.2) is 50.4 Å². The number of halogens is 1. The molecule has 1 aromatic heterocycles. The number of hydrazine groups is 1. The molecule has 3 N–H and O–H groups in total. The topological polar surface area (TPSA) is 51.2 Å². The summed E-state index contributed by atoms with van der Waals surface area (Å²) in [7, 11) is 0. The number of hydrogen-bond acceptors (Lipinski definition) is 4. The second-order valence-electron chi connectivity index (χ2n) is 3.73. The molecule has 96 valence electrons. The fourth-order valence-corrected chi connectivity index (χ4v) is 2.85. The first-order valence-corrected chi connectivity index (χ1v) is 7.46. The first-order valence-electron chi connectivity index (χ1n) is 5.68. The minimum atomic E-state index is -0.143. The summed E-state index contributed by atoms with van der Waals surface area (Å²) in [4.78, 5) is 1.26. The zero-order chi connectivity index (χ0) is 13.0. The van der Waals surface area contributed by atoms with E-state index in [9.17, 15) is 0 Å². The summed E-state index contributed by atoms with van der Waals surface area (Å²) in [6.45, 7) is 2.14. The zero-order valence-corrected chi connectivity index (χ0v) is 12.4. The van der Waals surface area contributed by atoms with Gasteiger partial charge in [0, 0.05) is 4.90 Å². The third-order valence-electron chi connectivity index (χ3n) is 2.60. The van der Waals surface area contributed by atoms with Gasteiger partial charge in [-0.3, -0.25) is 5.84 Å². The Kier molecular flexibility index (Phi) is 4.88. The lowest BCUT2D eigenvalue weighted by atomic mass is 10.1. The van der Waals surface area contributed by atoms with E-state index in [1.165, 1.54) is 4.90 Å². The van der Waals surface area contributed by atoms with Gasteiger partial charge in [-0.2, -0.15) is 0 Å². The minimum absolute atomic E-state index is 0.143. The van der Waals surface area contributed by atoms with Crippen molar-refractivity contribution in [1.29, 1.82) is 0 Å². The predicted octanol–water partition coefficient (Wildman–Crippen LogP) is 3.71. The zero-order valence-electron chi connectivity index (χ0n) is 10.0. The van der Waals surface area contributed by atoms with Crippen molar-refractivity contribution in [3.05, 3.63) is 52.4 Å². The van der Waals surface area contributed by atoms with E-state index in [4.69, 9.17) is 10.3 Å². The molecule has 0 amide bonds. The Morgan fingerprint density at radius 2 is 2.06 bits per heavy atom. The standard InChI is InChI=1S/C13H15BrN2OS/c1-2-18-10-5-3-9(4-6-10)12(16-15)13-11(14)7-8-17-13/h3-8,12,16H,2,15H2,1H3. The molecule has 18 heavy (non-hydrogen) atoms. The molecule has 0 radical (unpaired) electrons. The van der Waals surface area contributed by atoms with Crippen LogP contribution in [-0.2, 0) is 0 Å². The lowest BCUT2D eigenvalue weighted by Gasteiger charge is -2.15. The molecule has 0 spiro atoms. The Hall–Kier alpha value is -0.750. The van der Waals surface area contributed by atoms with Crippen molar-refractivity contribution >= 4 is 27.7 Å². The van der Waals surface area contributed by atoms with Crippen molar-refractivity contribution in [2.75, 3.05) is 5.75 Å². The number of nitrogens with two attached hydrogens (primary N) is 1. The molecule has 2 aromatic rings. The van der Waals surface area contributed by atoms with Crippen LogP contribution in [0.25, 0.3) is 0 Å². The van der Waals surface area contributed by atoms with E-state index in [-0.39, 0.29) is 6.04 Å². The van der Waals surface area contributed by atoms with Gasteiger partial charge in [-0.05, 0) is 45.4 Å². The van der Waals surface area contributed by atoms with Gasteiger partial charge in [-0.25, -0.2) is 5.43 Å². The van der Waals surface area contributed by atoms with Crippen molar-refractivity contribution in [1.82, 2.24) is 5.43 Å². The third-order valence-corrected chi connectivity index (χ3v) is 4.15. The highest BCUT2D eigenvalue weighted by Gasteiger charge is 2.18. The van der Waals surface area contributed by atoms with E-state index in [1.807, 2.05) is 17.8 Å². The highest BCUT2D eigenvalue weighted by molar-refractivity contribution is 9.10. The third kappa shape index (κ3) is 2.98. The molecule has 0 bridgehead atoms. The van der Waals surface area contributed by atoms with Gasteiger partial charge in [0.05, 0.1) is 10.7 Å². The molecule has 1 aromatic carbocycles. The number of furan rings is 1. The van der Waals surface area contributed by atoms with Gasteiger partial charge in [-0.15, -0.1) is 11.8 Å². The molecule has 0 saturated heterocycles. The molecule has 1 unspecified atom stereocenters. The number of thioether (sulfide) groups is 1. The molecule has 0 saturated carbocycles. The maximum atomic E-state index is 5.63. The van der Waals surface area contributed by atoms with Crippen LogP contribution in [0.2, 0.25) is 0 Å². The average Bonchev–Trinajstić information content (AvgIpc) is 2.79. The fourth-order valence-electron chi connectivity index (χ4n) is 1.76. The molecule has 1 atom stereocenters. The summed E-state index contributed by atoms with van der Waals surface area (Å²) < 4.78 is 6.37. The van der Waals surface area contributed by atoms with E-state index in [0.29, 0.717) is 0 Å². The van der Waals surface area contributed by atoms with Crippen LogP contribution in [0, 0.1) is 0 Å². The smallest absolute Gasteiger partial charge is 0.140 e. The fraction of sp³-hybridized carbons (Fsp3) is 0.231. The summed E-state index contributed by atoms with van der Waals surface area (Å²) in [6, 6.07) is 10.1. The van der Waals surface area contributed by atoms with Crippen LogP contribution in [0.1, 0.15) is 24.3 Å². The lowest BCUT2D eigenvalue weighted by molar-refractivity contribution is 0.449. The second-order valence-corrected chi connectivity index (χ2v) is 5.93. The Bertz CT molecular complexity index is 498. The Morgan fingerprint density at radius 1 is 1.33 bits per heavy atom. The van der Waals surface area contributed by atoms with E-state index in [1.54, 1.807) is 6.26 Å². The Labute approximate surface area is 119 Å². The SMILES string of the molecule is CCSc1ccc(C(NN)c2occc2Br)cc1. The van der Waals surface area contributed by atoms with E-state index in [0.717, 1.165) is 21.5 Å². The van der Waals surface area contributed by atoms with Crippen molar-refractivity contribution in [2.45, 2.75) is 17.9 Å². The summed E-state index contributed by atoms with van der Waals surface area (Å²) in [5.41, 5.74) is 3.86. The normalized spacial score (nSPS) is 12.6.